The fraction of sp³-hybridized carbons (Fsp3) is 0.667. The Balaban J connectivity index is 2.20. The second-order valence-corrected chi connectivity index (χ2v) is 16.7. The van der Waals surface area contributed by atoms with Crippen LogP contribution in [0.25, 0.3) is 0 Å². The molecule has 2 rings (SSSR count). The van der Waals surface area contributed by atoms with Crippen molar-refractivity contribution in [2.24, 2.45) is 0 Å². The molecule has 2 amide bonds. The monoisotopic (exact) mass is 516 g/mol. The number of aliphatic hydroxyl groups is 1. The van der Waals surface area contributed by atoms with Gasteiger partial charge < -0.3 is 19.6 Å². The van der Waals surface area contributed by atoms with Crippen LogP contribution in [0, 0.1) is 5.82 Å². The average Bonchev–Trinajstić information content (AvgIpc) is 3.04. The van der Waals surface area contributed by atoms with E-state index in [4.69, 9.17) is 20.8 Å². The Morgan fingerprint density at radius 1 is 1.26 bits per heavy atom. The molecule has 2 N–H and O–H groups in total. The number of rotatable bonds is 6. The standard InChI is InChI=1S/C24H38ClFN2O5Si/c1-22(2,3)33-21(30)28-14-24(31,15-32-34(7,8)23(4,5)6)12-18(28)20(29)27-13-16-10-9-11-17(25)19(16)26/h9-11,18,31H,12-15H2,1-8H3,(H,27,29)/t18-,24-/m0/s1. The zero-order valence-corrected chi connectivity index (χ0v) is 23.2. The molecule has 1 aromatic rings. The maximum absolute atomic E-state index is 14.2. The highest BCUT2D eigenvalue weighted by Gasteiger charge is 2.50. The third kappa shape index (κ3) is 7.16. The highest BCUT2D eigenvalue weighted by atomic mass is 35.5. The Morgan fingerprint density at radius 2 is 1.88 bits per heavy atom. The summed E-state index contributed by atoms with van der Waals surface area (Å²) < 4.78 is 25.9. The lowest BCUT2D eigenvalue weighted by Crippen LogP contribution is -2.48. The fourth-order valence-electron chi connectivity index (χ4n) is 3.33. The smallest absolute Gasteiger partial charge is 0.411 e. The highest BCUT2D eigenvalue weighted by molar-refractivity contribution is 6.74. The van der Waals surface area contributed by atoms with Crippen molar-refractivity contribution < 1.29 is 28.2 Å². The number of carbonyl (C=O) groups excluding carboxylic acids is 2. The van der Waals surface area contributed by atoms with Gasteiger partial charge in [0.2, 0.25) is 5.91 Å². The van der Waals surface area contributed by atoms with Gasteiger partial charge in [-0.1, -0.05) is 44.5 Å². The van der Waals surface area contributed by atoms with Crippen LogP contribution in [0.1, 0.15) is 53.5 Å². The van der Waals surface area contributed by atoms with Crippen LogP contribution in [-0.2, 0) is 20.5 Å². The van der Waals surface area contributed by atoms with Gasteiger partial charge in [0.05, 0.1) is 18.2 Å². The molecule has 34 heavy (non-hydrogen) atoms. The lowest BCUT2D eigenvalue weighted by molar-refractivity contribution is -0.125. The van der Waals surface area contributed by atoms with Gasteiger partial charge in [-0.05, 0) is 45.0 Å². The molecule has 0 bridgehead atoms. The molecule has 1 aliphatic rings. The summed E-state index contributed by atoms with van der Waals surface area (Å²) in [7, 11) is -2.18. The predicted octanol–water partition coefficient (Wildman–Crippen LogP) is 4.86. The topological polar surface area (TPSA) is 88.1 Å². The van der Waals surface area contributed by atoms with Crippen molar-refractivity contribution in [3.63, 3.8) is 0 Å². The largest absolute Gasteiger partial charge is 0.444 e. The number of hydrogen-bond acceptors (Lipinski definition) is 5. The molecule has 0 aromatic heterocycles. The number of ether oxygens (including phenoxy) is 1. The molecule has 1 aliphatic heterocycles. The molecule has 1 fully saturated rings. The second kappa shape index (κ2) is 10.1. The van der Waals surface area contributed by atoms with Crippen LogP contribution < -0.4 is 5.32 Å². The van der Waals surface area contributed by atoms with Crippen LogP contribution in [0.4, 0.5) is 9.18 Å². The molecule has 0 unspecified atom stereocenters. The number of carbonyl (C=O) groups is 2. The minimum Gasteiger partial charge on any atom is -0.444 e. The molecule has 1 aromatic carbocycles. The first kappa shape index (κ1) is 28.6. The van der Waals surface area contributed by atoms with Crippen LogP contribution in [0.2, 0.25) is 23.2 Å². The van der Waals surface area contributed by atoms with Crippen molar-refractivity contribution in [1.29, 1.82) is 0 Å². The summed E-state index contributed by atoms with van der Waals surface area (Å²) in [6.07, 6.45) is -0.727. The molecular formula is C24H38ClFN2O5Si. The van der Waals surface area contributed by atoms with E-state index in [2.05, 4.69) is 39.2 Å². The number of halogens is 2. The van der Waals surface area contributed by atoms with Crippen molar-refractivity contribution in [3.8, 4) is 0 Å². The van der Waals surface area contributed by atoms with Crippen molar-refractivity contribution in [1.82, 2.24) is 10.2 Å². The maximum atomic E-state index is 14.2. The molecule has 0 radical (unpaired) electrons. The van der Waals surface area contributed by atoms with E-state index in [-0.39, 0.29) is 41.7 Å². The zero-order chi connectivity index (χ0) is 26.1. The molecule has 192 valence electrons. The third-order valence-electron chi connectivity index (χ3n) is 6.34. The van der Waals surface area contributed by atoms with Crippen molar-refractivity contribution >= 4 is 31.9 Å². The van der Waals surface area contributed by atoms with E-state index in [9.17, 15) is 19.1 Å². The number of hydrogen-bond donors (Lipinski definition) is 2. The first-order valence-electron chi connectivity index (χ1n) is 11.4. The summed E-state index contributed by atoms with van der Waals surface area (Å²) in [6, 6.07) is 3.54. The van der Waals surface area contributed by atoms with Gasteiger partial charge in [0, 0.05) is 18.5 Å². The summed E-state index contributed by atoms with van der Waals surface area (Å²) in [4.78, 5) is 27.2. The van der Waals surface area contributed by atoms with Crippen LogP contribution >= 0.6 is 11.6 Å². The third-order valence-corrected chi connectivity index (χ3v) is 11.1. The molecule has 1 saturated heterocycles. The van der Waals surface area contributed by atoms with Crippen LogP contribution in [0.5, 0.6) is 0 Å². The molecule has 0 saturated carbocycles. The van der Waals surface area contributed by atoms with Gasteiger partial charge in [-0.2, -0.15) is 0 Å². The molecule has 2 atom stereocenters. The Labute approximate surface area is 208 Å². The van der Waals surface area contributed by atoms with Gasteiger partial charge in [0.15, 0.2) is 8.32 Å². The molecule has 1 heterocycles. The van der Waals surface area contributed by atoms with Crippen LogP contribution in [0.15, 0.2) is 18.2 Å². The number of benzene rings is 1. The summed E-state index contributed by atoms with van der Waals surface area (Å²) >= 11 is 5.82. The van der Waals surface area contributed by atoms with E-state index < -0.39 is 43.4 Å². The lowest BCUT2D eigenvalue weighted by Gasteiger charge is -2.38. The van der Waals surface area contributed by atoms with Crippen molar-refractivity contribution in [2.45, 2.75) is 89.9 Å². The minimum absolute atomic E-state index is 0.00447. The number of β-amino-alcohol motifs (C(OH)–C–C–N with tert-alkyl or cyclic N) is 1. The van der Waals surface area contributed by atoms with E-state index in [0.717, 1.165) is 0 Å². The molecule has 0 aliphatic carbocycles. The number of likely N-dealkylation sites (tertiary alicyclic amines) is 1. The first-order valence-corrected chi connectivity index (χ1v) is 14.7. The normalized spacial score (nSPS) is 21.5. The molecule has 0 spiro atoms. The van der Waals surface area contributed by atoms with Gasteiger partial charge in [0.1, 0.15) is 23.1 Å². The number of nitrogens with one attached hydrogen (secondary N) is 1. The Bertz CT molecular complexity index is 916. The van der Waals surface area contributed by atoms with Crippen LogP contribution in [0.3, 0.4) is 0 Å². The quantitative estimate of drug-likeness (QED) is 0.527. The maximum Gasteiger partial charge on any atom is 0.411 e. The van der Waals surface area contributed by atoms with E-state index in [1.54, 1.807) is 26.8 Å². The van der Waals surface area contributed by atoms with E-state index in [1.165, 1.54) is 17.0 Å². The summed E-state index contributed by atoms with van der Waals surface area (Å²) in [5.74, 6) is -1.13. The van der Waals surface area contributed by atoms with Crippen LogP contribution in [-0.4, -0.2) is 60.7 Å². The van der Waals surface area contributed by atoms with E-state index in [1.807, 2.05) is 0 Å². The van der Waals surface area contributed by atoms with Crippen molar-refractivity contribution in [3.05, 3.63) is 34.6 Å². The van der Waals surface area contributed by atoms with Crippen molar-refractivity contribution in [2.75, 3.05) is 13.2 Å². The van der Waals surface area contributed by atoms with Gasteiger partial charge in [-0.15, -0.1) is 0 Å². The van der Waals surface area contributed by atoms with Gasteiger partial charge >= 0.3 is 6.09 Å². The fourth-order valence-corrected chi connectivity index (χ4v) is 4.59. The number of amides is 2. The average molecular weight is 517 g/mol. The zero-order valence-electron chi connectivity index (χ0n) is 21.4. The molecular weight excluding hydrogens is 479 g/mol. The van der Waals surface area contributed by atoms with Gasteiger partial charge in [-0.3, -0.25) is 9.69 Å². The lowest BCUT2D eigenvalue weighted by atomic mass is 10.0. The van der Waals surface area contributed by atoms with E-state index in [0.29, 0.717) is 0 Å². The van der Waals surface area contributed by atoms with Gasteiger partial charge in [-0.25, -0.2) is 9.18 Å². The van der Waals surface area contributed by atoms with Gasteiger partial charge in [0.25, 0.3) is 0 Å². The second-order valence-electron chi connectivity index (χ2n) is 11.5. The number of nitrogens with zero attached hydrogens (tertiary/aromatic N) is 1. The first-order chi connectivity index (χ1) is 15.4. The predicted molar refractivity (Wildman–Crippen MR) is 133 cm³/mol. The summed E-state index contributed by atoms with van der Waals surface area (Å²) in [5, 5.41) is 13.9. The minimum atomic E-state index is -2.18. The Morgan fingerprint density at radius 3 is 2.44 bits per heavy atom. The summed E-state index contributed by atoms with van der Waals surface area (Å²) in [6.45, 7) is 15.4. The highest BCUT2D eigenvalue weighted by Crippen LogP contribution is 2.38. The summed E-state index contributed by atoms with van der Waals surface area (Å²) in [5.41, 5.74) is -1.98. The Hall–Kier alpha value is -1.68. The SMILES string of the molecule is CC(C)(C)OC(=O)N1C[C@](O)(CO[Si](C)(C)C(C)(C)C)C[C@H]1C(=O)NCc1cccc(Cl)c1F. The molecule has 10 heteroatoms. The Kier molecular flexibility index (Phi) is 8.50. The van der Waals surface area contributed by atoms with E-state index >= 15 is 0 Å². The molecule has 7 nitrogen and oxygen atoms in total.